The smallest absolute Gasteiger partial charge is 0.239 e. The van der Waals surface area contributed by atoms with Crippen LogP contribution in [0, 0.1) is 0 Å². The first kappa shape index (κ1) is 13.4. The van der Waals surface area contributed by atoms with Crippen LogP contribution in [0.5, 0.6) is 0 Å². The van der Waals surface area contributed by atoms with E-state index in [1.165, 1.54) is 0 Å². The Morgan fingerprint density at radius 2 is 2.50 bits per heavy atom. The molecule has 1 aliphatic heterocycles. The highest BCUT2D eigenvalue weighted by atomic mass is 16.5. The summed E-state index contributed by atoms with van der Waals surface area (Å²) in [5.41, 5.74) is 5.36. The van der Waals surface area contributed by atoms with Gasteiger partial charge in [0.25, 0.3) is 0 Å². The van der Waals surface area contributed by atoms with Crippen LogP contribution in [0.4, 0.5) is 0 Å². The van der Waals surface area contributed by atoms with Crippen LogP contribution in [0.1, 0.15) is 6.92 Å². The number of likely N-dealkylation sites (N-methyl/N-ethyl adjacent to an activating group) is 1. The number of aliphatic hydroxyl groups is 1. The second-order valence-corrected chi connectivity index (χ2v) is 3.87. The van der Waals surface area contributed by atoms with Crippen LogP contribution < -0.4 is 11.1 Å². The maximum atomic E-state index is 11.7. The number of morpholine rings is 1. The Hall–Kier alpha value is -0.690. The van der Waals surface area contributed by atoms with Gasteiger partial charge in [0.2, 0.25) is 5.91 Å². The van der Waals surface area contributed by atoms with Gasteiger partial charge in [-0.1, -0.05) is 0 Å². The average Bonchev–Trinajstić information content (AvgIpc) is 2.30. The van der Waals surface area contributed by atoms with Crippen molar-refractivity contribution in [2.75, 3.05) is 39.4 Å². The molecular formula is C10H21N3O3. The first-order chi connectivity index (χ1) is 7.69. The van der Waals surface area contributed by atoms with E-state index in [1.807, 2.05) is 11.8 Å². The van der Waals surface area contributed by atoms with Gasteiger partial charge in [-0.15, -0.1) is 0 Å². The first-order valence-electron chi connectivity index (χ1n) is 5.66. The van der Waals surface area contributed by atoms with E-state index in [9.17, 15) is 9.90 Å². The lowest BCUT2D eigenvalue weighted by Gasteiger charge is -2.35. The Kier molecular flexibility index (Phi) is 5.68. The first-order valence-corrected chi connectivity index (χ1v) is 5.66. The molecule has 1 aliphatic rings. The number of nitrogens with zero attached hydrogens (tertiary/aromatic N) is 1. The maximum Gasteiger partial charge on any atom is 0.239 e. The molecule has 1 saturated heterocycles. The van der Waals surface area contributed by atoms with Gasteiger partial charge >= 0.3 is 0 Å². The molecule has 0 aromatic rings. The lowest BCUT2D eigenvalue weighted by molar-refractivity contribution is -0.133. The van der Waals surface area contributed by atoms with Gasteiger partial charge in [-0.2, -0.15) is 0 Å². The van der Waals surface area contributed by atoms with Crippen molar-refractivity contribution >= 4 is 5.91 Å². The van der Waals surface area contributed by atoms with E-state index in [-0.39, 0.29) is 18.5 Å². The number of hydrogen-bond acceptors (Lipinski definition) is 5. The van der Waals surface area contributed by atoms with Gasteiger partial charge in [-0.05, 0) is 6.92 Å². The molecule has 1 heterocycles. The highest BCUT2D eigenvalue weighted by molar-refractivity contribution is 5.81. The van der Waals surface area contributed by atoms with Gasteiger partial charge in [-0.25, -0.2) is 0 Å². The van der Waals surface area contributed by atoms with Crippen molar-refractivity contribution < 1.29 is 14.6 Å². The molecule has 0 spiro atoms. The summed E-state index contributed by atoms with van der Waals surface area (Å²) in [6.45, 7) is 4.72. The Labute approximate surface area is 95.7 Å². The van der Waals surface area contributed by atoms with E-state index in [1.54, 1.807) is 0 Å². The molecule has 94 valence electrons. The number of carbonyl (C=O) groups is 1. The molecular weight excluding hydrogens is 210 g/mol. The minimum Gasteiger partial charge on any atom is -0.390 e. The van der Waals surface area contributed by atoms with Crippen LogP contribution in [-0.2, 0) is 9.53 Å². The number of β-amino-alcohol motifs (C(OH)–C–C–N with tert-alkyl or cyclic N) is 1. The summed E-state index contributed by atoms with van der Waals surface area (Å²) in [5, 5.41) is 12.3. The molecule has 6 heteroatoms. The molecule has 0 aromatic heterocycles. The highest BCUT2D eigenvalue weighted by Gasteiger charge is 2.29. The highest BCUT2D eigenvalue weighted by Crippen LogP contribution is 2.07. The Morgan fingerprint density at radius 3 is 3.12 bits per heavy atom. The lowest BCUT2D eigenvalue weighted by Crippen LogP contribution is -2.56. The number of aliphatic hydroxyl groups excluding tert-OH is 1. The van der Waals surface area contributed by atoms with Gasteiger partial charge in [0.1, 0.15) is 6.04 Å². The molecule has 0 radical (unpaired) electrons. The number of amides is 1. The van der Waals surface area contributed by atoms with Crippen LogP contribution in [0.25, 0.3) is 0 Å². The van der Waals surface area contributed by atoms with Crippen LogP contribution >= 0.6 is 0 Å². The van der Waals surface area contributed by atoms with Crippen molar-refractivity contribution in [2.45, 2.75) is 19.1 Å². The Bertz CT molecular complexity index is 225. The van der Waals surface area contributed by atoms with Gasteiger partial charge < -0.3 is 20.9 Å². The monoisotopic (exact) mass is 231 g/mol. The van der Waals surface area contributed by atoms with E-state index < -0.39 is 6.10 Å². The normalized spacial score (nSPS) is 24.1. The summed E-state index contributed by atoms with van der Waals surface area (Å²) in [6, 6.07) is -0.310. The molecule has 1 fully saturated rings. The fourth-order valence-corrected chi connectivity index (χ4v) is 1.74. The quantitative estimate of drug-likeness (QED) is 0.516. The predicted molar refractivity (Wildman–Crippen MR) is 59.9 cm³/mol. The zero-order chi connectivity index (χ0) is 12.0. The zero-order valence-electron chi connectivity index (χ0n) is 9.69. The number of nitrogens with two attached hydrogens (primary N) is 1. The Morgan fingerprint density at radius 1 is 1.75 bits per heavy atom. The van der Waals surface area contributed by atoms with Crippen LogP contribution in [-0.4, -0.2) is 67.5 Å². The number of ether oxygens (including phenoxy) is 1. The van der Waals surface area contributed by atoms with Crippen LogP contribution in [0.2, 0.25) is 0 Å². The number of hydrogen-bond donors (Lipinski definition) is 3. The molecule has 16 heavy (non-hydrogen) atoms. The van der Waals surface area contributed by atoms with Crippen molar-refractivity contribution in [3.63, 3.8) is 0 Å². The minimum atomic E-state index is -0.588. The molecule has 6 nitrogen and oxygen atoms in total. The van der Waals surface area contributed by atoms with Crippen molar-refractivity contribution in [2.24, 2.45) is 5.73 Å². The second kappa shape index (κ2) is 6.80. The Balaban J connectivity index is 2.52. The summed E-state index contributed by atoms with van der Waals surface area (Å²) >= 11 is 0. The molecule has 0 saturated carbocycles. The molecule has 2 atom stereocenters. The summed E-state index contributed by atoms with van der Waals surface area (Å²) < 4.78 is 5.28. The van der Waals surface area contributed by atoms with E-state index >= 15 is 0 Å². The summed E-state index contributed by atoms with van der Waals surface area (Å²) in [6.07, 6.45) is -0.588. The van der Waals surface area contributed by atoms with Crippen molar-refractivity contribution in [1.82, 2.24) is 10.2 Å². The van der Waals surface area contributed by atoms with E-state index in [0.29, 0.717) is 32.8 Å². The summed E-state index contributed by atoms with van der Waals surface area (Å²) in [5.74, 6) is -0.0496. The number of rotatable bonds is 5. The van der Waals surface area contributed by atoms with E-state index in [2.05, 4.69) is 5.32 Å². The third kappa shape index (κ3) is 3.71. The van der Waals surface area contributed by atoms with Crippen molar-refractivity contribution in [3.8, 4) is 0 Å². The zero-order valence-corrected chi connectivity index (χ0v) is 9.69. The SMILES string of the molecule is CCNC(=O)C1COCCN1CC(O)CN. The van der Waals surface area contributed by atoms with Gasteiger partial charge in [0.15, 0.2) is 0 Å². The van der Waals surface area contributed by atoms with Crippen molar-refractivity contribution in [1.29, 1.82) is 0 Å². The fourth-order valence-electron chi connectivity index (χ4n) is 1.74. The van der Waals surface area contributed by atoms with E-state index in [4.69, 9.17) is 10.5 Å². The molecule has 4 N–H and O–H groups in total. The molecule has 0 aromatic carbocycles. The van der Waals surface area contributed by atoms with Crippen molar-refractivity contribution in [3.05, 3.63) is 0 Å². The second-order valence-electron chi connectivity index (χ2n) is 3.87. The number of carbonyl (C=O) groups excluding carboxylic acids is 1. The summed E-state index contributed by atoms with van der Waals surface area (Å²) in [4.78, 5) is 13.7. The van der Waals surface area contributed by atoms with E-state index in [0.717, 1.165) is 0 Å². The average molecular weight is 231 g/mol. The number of nitrogens with one attached hydrogen (secondary N) is 1. The van der Waals surface area contributed by atoms with Crippen LogP contribution in [0.3, 0.4) is 0 Å². The third-order valence-corrected chi connectivity index (χ3v) is 2.61. The lowest BCUT2D eigenvalue weighted by atomic mass is 10.2. The molecule has 2 unspecified atom stereocenters. The molecule has 1 rings (SSSR count). The van der Waals surface area contributed by atoms with Crippen LogP contribution in [0.15, 0.2) is 0 Å². The fraction of sp³-hybridized carbons (Fsp3) is 0.900. The standard InChI is InChI=1S/C10H21N3O3/c1-2-12-10(15)9-7-16-4-3-13(9)6-8(14)5-11/h8-9,14H,2-7,11H2,1H3,(H,12,15). The minimum absolute atomic E-state index is 0.0496. The maximum absolute atomic E-state index is 11.7. The summed E-state index contributed by atoms with van der Waals surface area (Å²) in [7, 11) is 0. The largest absolute Gasteiger partial charge is 0.390 e. The topological polar surface area (TPSA) is 87.8 Å². The van der Waals surface area contributed by atoms with Gasteiger partial charge in [0.05, 0.1) is 19.3 Å². The third-order valence-electron chi connectivity index (χ3n) is 2.61. The van der Waals surface area contributed by atoms with Gasteiger partial charge in [-0.3, -0.25) is 9.69 Å². The van der Waals surface area contributed by atoms with Gasteiger partial charge in [0, 0.05) is 26.2 Å². The predicted octanol–water partition coefficient (Wildman–Crippen LogP) is -1.86. The molecule has 1 amide bonds. The molecule has 0 aliphatic carbocycles. The molecule has 0 bridgehead atoms.